The van der Waals surface area contributed by atoms with Crippen LogP contribution in [0.15, 0.2) is 60.7 Å². The predicted octanol–water partition coefficient (Wildman–Crippen LogP) is 4.84. The summed E-state index contributed by atoms with van der Waals surface area (Å²) in [5.41, 5.74) is 0. The third-order valence-corrected chi connectivity index (χ3v) is 6.25. The average Bonchev–Trinajstić information content (AvgIpc) is 2.66. The van der Waals surface area contributed by atoms with Crippen molar-refractivity contribution in [2.24, 2.45) is 0 Å². The molecule has 0 saturated carbocycles. The van der Waals surface area contributed by atoms with Crippen molar-refractivity contribution >= 4 is 15.2 Å². The Hall–Kier alpha value is -0.957. The van der Waals surface area contributed by atoms with Gasteiger partial charge in [-0.2, -0.15) is 0 Å². The fourth-order valence-corrected chi connectivity index (χ4v) is 4.55. The van der Waals surface area contributed by atoms with Gasteiger partial charge in [-0.25, -0.2) is 0 Å². The second-order valence-corrected chi connectivity index (χ2v) is 9.89. The van der Waals surface area contributed by atoms with Crippen LogP contribution >= 0.6 is 15.2 Å². The van der Waals surface area contributed by atoms with E-state index in [1.54, 1.807) is 48.5 Å². The second kappa shape index (κ2) is 14.9. The van der Waals surface area contributed by atoms with Crippen LogP contribution in [0.1, 0.15) is 39.5 Å². The number of para-hydroxylation sites is 2. The van der Waals surface area contributed by atoms with Crippen molar-refractivity contribution in [3.05, 3.63) is 60.7 Å². The van der Waals surface area contributed by atoms with E-state index in [0.29, 0.717) is 24.3 Å². The minimum absolute atomic E-state index is 0. The molecule has 6 nitrogen and oxygen atoms in total. The van der Waals surface area contributed by atoms with E-state index in [9.17, 15) is 18.9 Å². The molecular formula is C20H28O6P2Zn. The summed E-state index contributed by atoms with van der Waals surface area (Å²) >= 11 is 0. The molecule has 0 heterocycles. The van der Waals surface area contributed by atoms with Crippen LogP contribution in [0.3, 0.4) is 0 Å². The molecule has 2 unspecified atom stereocenters. The molecule has 2 atom stereocenters. The first-order valence-electron chi connectivity index (χ1n) is 9.37. The van der Waals surface area contributed by atoms with Gasteiger partial charge in [0.25, 0.3) is 0 Å². The zero-order valence-electron chi connectivity index (χ0n) is 17.1. The van der Waals surface area contributed by atoms with Crippen molar-refractivity contribution in [2.75, 3.05) is 12.3 Å². The molecule has 0 spiro atoms. The van der Waals surface area contributed by atoms with E-state index < -0.39 is 15.2 Å². The van der Waals surface area contributed by atoms with Gasteiger partial charge < -0.3 is 18.8 Å². The fraction of sp³-hybridized carbons (Fsp3) is 0.400. The van der Waals surface area contributed by atoms with Gasteiger partial charge >= 0.3 is 19.5 Å². The molecule has 0 aliphatic rings. The molecule has 0 radical (unpaired) electrons. The van der Waals surface area contributed by atoms with Crippen molar-refractivity contribution in [1.29, 1.82) is 0 Å². The molecule has 0 amide bonds. The van der Waals surface area contributed by atoms with Gasteiger partial charge in [-0.15, -0.1) is 0 Å². The SMILES string of the molecule is CCCCP(=O)([O-])Oc1ccccc1.CCCCP(=O)([O-])Oc1ccccc1.[Zn+2]. The first-order valence-corrected chi connectivity index (χ1v) is 12.8. The van der Waals surface area contributed by atoms with Gasteiger partial charge in [0.05, 0.1) is 0 Å². The molecule has 9 heteroatoms. The number of hydrogen-bond acceptors (Lipinski definition) is 6. The minimum atomic E-state index is -3.68. The number of rotatable bonds is 10. The Bertz CT molecular complexity index is 693. The molecule has 2 aromatic carbocycles. The molecule has 0 aliphatic heterocycles. The van der Waals surface area contributed by atoms with Gasteiger partial charge in [0.15, 0.2) is 15.2 Å². The van der Waals surface area contributed by atoms with Crippen LogP contribution in [-0.2, 0) is 28.6 Å². The molecule has 0 bridgehead atoms. The summed E-state index contributed by atoms with van der Waals surface area (Å²) in [6, 6.07) is 17.2. The van der Waals surface area contributed by atoms with Gasteiger partial charge in [-0.1, -0.05) is 63.1 Å². The summed E-state index contributed by atoms with van der Waals surface area (Å²) in [6.07, 6.45) is 3.22. The monoisotopic (exact) mass is 490 g/mol. The first kappa shape index (κ1) is 28.0. The Morgan fingerprint density at radius 1 is 0.690 bits per heavy atom. The average molecular weight is 492 g/mol. The topological polar surface area (TPSA) is 98.7 Å². The van der Waals surface area contributed by atoms with E-state index in [2.05, 4.69) is 0 Å². The van der Waals surface area contributed by atoms with Gasteiger partial charge in [0.1, 0.15) is 11.5 Å². The van der Waals surface area contributed by atoms with Gasteiger partial charge in [-0.05, 0) is 37.1 Å². The third kappa shape index (κ3) is 13.8. The molecule has 2 aromatic rings. The van der Waals surface area contributed by atoms with Crippen LogP contribution < -0.4 is 18.8 Å². The van der Waals surface area contributed by atoms with E-state index in [-0.39, 0.29) is 31.8 Å². The Kier molecular flexibility index (Phi) is 14.4. The molecule has 156 valence electrons. The molecule has 0 aromatic heterocycles. The Labute approximate surface area is 186 Å². The molecule has 0 saturated heterocycles. The molecular weight excluding hydrogens is 464 g/mol. The normalized spacial score (nSPS) is 14.2. The third-order valence-electron chi connectivity index (χ3n) is 3.55. The smallest absolute Gasteiger partial charge is 0.769 e. The number of benzene rings is 2. The fourth-order valence-electron chi connectivity index (χ4n) is 2.08. The standard InChI is InChI=1S/2C10H15O3P.Zn/c2*1-2-3-9-14(11,12)13-10-7-5-4-6-8-10;/h2*4-8H,2-3,9H2,1H3,(H,11,12);/q;;+2/p-2. The molecule has 2 rings (SSSR count). The Morgan fingerprint density at radius 3 is 1.28 bits per heavy atom. The van der Waals surface area contributed by atoms with Crippen molar-refractivity contribution in [1.82, 2.24) is 0 Å². The first-order chi connectivity index (χ1) is 13.3. The van der Waals surface area contributed by atoms with Gasteiger partial charge in [0, 0.05) is 12.3 Å². The van der Waals surface area contributed by atoms with Crippen molar-refractivity contribution in [3.63, 3.8) is 0 Å². The van der Waals surface area contributed by atoms with Crippen molar-refractivity contribution < 1.29 is 47.4 Å². The van der Waals surface area contributed by atoms with E-state index in [1.807, 2.05) is 26.0 Å². The summed E-state index contributed by atoms with van der Waals surface area (Å²) < 4.78 is 32.5. The van der Waals surface area contributed by atoms with Gasteiger partial charge in [-0.3, -0.25) is 9.13 Å². The minimum Gasteiger partial charge on any atom is -0.769 e. The molecule has 0 aliphatic carbocycles. The largest absolute Gasteiger partial charge is 2.00 e. The van der Waals surface area contributed by atoms with E-state index in [4.69, 9.17) is 9.05 Å². The number of unbranched alkanes of at least 4 members (excludes halogenated alkanes) is 2. The van der Waals surface area contributed by atoms with Crippen LogP contribution in [-0.4, -0.2) is 12.3 Å². The van der Waals surface area contributed by atoms with Crippen LogP contribution in [0.2, 0.25) is 0 Å². The van der Waals surface area contributed by atoms with Crippen molar-refractivity contribution in [2.45, 2.75) is 39.5 Å². The van der Waals surface area contributed by atoms with Crippen molar-refractivity contribution in [3.8, 4) is 11.5 Å². The summed E-state index contributed by atoms with van der Waals surface area (Å²) in [4.78, 5) is 22.7. The van der Waals surface area contributed by atoms with Crippen LogP contribution in [0.4, 0.5) is 0 Å². The zero-order valence-corrected chi connectivity index (χ0v) is 21.8. The van der Waals surface area contributed by atoms with Crippen LogP contribution in [0.5, 0.6) is 11.5 Å². The maximum atomic E-state index is 11.4. The summed E-state index contributed by atoms with van der Waals surface area (Å²) in [5.74, 6) is 0.781. The Morgan fingerprint density at radius 2 is 1.00 bits per heavy atom. The molecule has 0 N–H and O–H groups in total. The molecule has 0 fully saturated rings. The van der Waals surface area contributed by atoms with E-state index in [0.717, 1.165) is 12.8 Å². The molecule has 29 heavy (non-hydrogen) atoms. The summed E-state index contributed by atoms with van der Waals surface area (Å²) in [7, 11) is -7.36. The van der Waals surface area contributed by atoms with Crippen LogP contribution in [0.25, 0.3) is 0 Å². The maximum Gasteiger partial charge on any atom is 2.00 e. The van der Waals surface area contributed by atoms with E-state index in [1.165, 1.54) is 0 Å². The zero-order chi connectivity index (χ0) is 20.9. The van der Waals surface area contributed by atoms with E-state index >= 15 is 0 Å². The van der Waals surface area contributed by atoms with Crippen LogP contribution in [0, 0.1) is 0 Å². The maximum absolute atomic E-state index is 11.4. The summed E-state index contributed by atoms with van der Waals surface area (Å²) in [5, 5.41) is 0. The quantitative estimate of drug-likeness (QED) is 0.348. The Balaban J connectivity index is 0.000000523. The number of hydrogen-bond donors (Lipinski definition) is 0. The second-order valence-electron chi connectivity index (χ2n) is 6.18. The van der Waals surface area contributed by atoms with Gasteiger partial charge in [0.2, 0.25) is 0 Å². The predicted molar refractivity (Wildman–Crippen MR) is 109 cm³/mol. The summed E-state index contributed by atoms with van der Waals surface area (Å²) in [6.45, 7) is 3.89.